The Morgan fingerprint density at radius 3 is 2.21 bits per heavy atom. The number of amides is 1. The summed E-state index contributed by atoms with van der Waals surface area (Å²) in [5.74, 6) is -1.08. The Morgan fingerprint density at radius 2 is 1.67 bits per heavy atom. The molecule has 0 aromatic heterocycles. The Labute approximate surface area is 192 Å². The van der Waals surface area contributed by atoms with Crippen molar-refractivity contribution in [3.63, 3.8) is 0 Å². The number of carbonyl (C=O) groups excluding carboxylic acids is 3. The summed E-state index contributed by atoms with van der Waals surface area (Å²) >= 11 is 0. The quantitative estimate of drug-likeness (QED) is 0.143. The molecule has 0 bridgehead atoms. The SMILES string of the molecule is C=CCN(CC(=O)OCC)C(=O)/C(C)=C\c1ccc(C(=O)Oc2ccc(C(=N)N)cc2)cc1. The summed E-state index contributed by atoms with van der Waals surface area (Å²) in [6.45, 7) is 7.26. The number of hydrogen-bond acceptors (Lipinski definition) is 6. The molecule has 0 atom stereocenters. The minimum atomic E-state index is -0.541. The zero-order chi connectivity index (χ0) is 24.4. The number of carbonyl (C=O) groups is 3. The molecule has 33 heavy (non-hydrogen) atoms. The van der Waals surface area contributed by atoms with Crippen molar-refractivity contribution in [2.45, 2.75) is 13.8 Å². The summed E-state index contributed by atoms with van der Waals surface area (Å²) in [6.07, 6.45) is 3.21. The second kappa shape index (κ2) is 12.0. The van der Waals surface area contributed by atoms with Gasteiger partial charge in [-0.1, -0.05) is 18.2 Å². The number of amidine groups is 1. The molecule has 2 rings (SSSR count). The first-order valence-electron chi connectivity index (χ1n) is 10.3. The third-order valence-corrected chi connectivity index (χ3v) is 4.50. The zero-order valence-electron chi connectivity index (χ0n) is 18.7. The average molecular weight is 450 g/mol. The highest BCUT2D eigenvalue weighted by Crippen LogP contribution is 2.16. The van der Waals surface area contributed by atoms with Crippen LogP contribution in [0.15, 0.2) is 66.8 Å². The Hall–Kier alpha value is -4.20. The van der Waals surface area contributed by atoms with Gasteiger partial charge in [0.1, 0.15) is 18.1 Å². The van der Waals surface area contributed by atoms with Gasteiger partial charge in [-0.15, -0.1) is 6.58 Å². The van der Waals surface area contributed by atoms with E-state index in [4.69, 9.17) is 20.6 Å². The van der Waals surface area contributed by atoms with Crippen molar-refractivity contribution in [1.29, 1.82) is 5.41 Å². The van der Waals surface area contributed by atoms with Crippen LogP contribution in [0.3, 0.4) is 0 Å². The molecule has 2 aromatic rings. The largest absolute Gasteiger partial charge is 0.465 e. The van der Waals surface area contributed by atoms with E-state index in [9.17, 15) is 14.4 Å². The van der Waals surface area contributed by atoms with E-state index in [0.717, 1.165) is 0 Å². The minimum Gasteiger partial charge on any atom is -0.465 e. The van der Waals surface area contributed by atoms with E-state index in [1.807, 2.05) is 0 Å². The van der Waals surface area contributed by atoms with E-state index in [0.29, 0.717) is 28.0 Å². The zero-order valence-corrected chi connectivity index (χ0v) is 18.7. The summed E-state index contributed by atoms with van der Waals surface area (Å²) in [5, 5.41) is 7.38. The third kappa shape index (κ3) is 7.46. The van der Waals surface area contributed by atoms with Crippen molar-refractivity contribution in [1.82, 2.24) is 4.90 Å². The van der Waals surface area contributed by atoms with Crippen LogP contribution in [0.2, 0.25) is 0 Å². The fourth-order valence-corrected chi connectivity index (χ4v) is 2.88. The highest BCUT2D eigenvalue weighted by atomic mass is 16.5. The molecular formula is C25H27N3O5. The topological polar surface area (TPSA) is 123 Å². The van der Waals surface area contributed by atoms with Crippen LogP contribution in [0.1, 0.15) is 35.3 Å². The van der Waals surface area contributed by atoms with Gasteiger partial charge in [-0.05, 0) is 61.9 Å². The number of esters is 2. The van der Waals surface area contributed by atoms with Gasteiger partial charge in [0.25, 0.3) is 0 Å². The Balaban J connectivity index is 2.07. The highest BCUT2D eigenvalue weighted by molar-refractivity contribution is 5.99. The van der Waals surface area contributed by atoms with Gasteiger partial charge in [0.05, 0.1) is 12.2 Å². The molecule has 2 aromatic carbocycles. The molecule has 8 nitrogen and oxygen atoms in total. The molecule has 8 heteroatoms. The second-order valence-electron chi connectivity index (χ2n) is 7.06. The standard InChI is InChI=1S/C25H27N3O5/c1-4-14-28(16-22(29)32-5-2)24(30)17(3)15-18-6-8-20(9-7-18)25(31)33-21-12-10-19(11-13-21)23(26)27/h4,6-13,15H,1,5,14,16H2,2-3H3,(H3,26,27)/b17-15-. The lowest BCUT2D eigenvalue weighted by molar-refractivity contribution is -0.147. The van der Waals surface area contributed by atoms with E-state index in [-0.39, 0.29) is 31.4 Å². The monoisotopic (exact) mass is 449 g/mol. The first-order valence-corrected chi connectivity index (χ1v) is 10.3. The molecule has 0 aliphatic carbocycles. The maximum absolute atomic E-state index is 12.7. The van der Waals surface area contributed by atoms with Crippen LogP contribution in [-0.4, -0.2) is 48.3 Å². The van der Waals surface area contributed by atoms with Gasteiger partial charge in [-0.25, -0.2) is 4.79 Å². The maximum atomic E-state index is 12.7. The Morgan fingerprint density at radius 1 is 1.06 bits per heavy atom. The summed E-state index contributed by atoms with van der Waals surface area (Å²) < 4.78 is 10.2. The second-order valence-corrected chi connectivity index (χ2v) is 7.06. The molecule has 0 heterocycles. The maximum Gasteiger partial charge on any atom is 0.343 e. The van der Waals surface area contributed by atoms with Gasteiger partial charge in [0, 0.05) is 17.7 Å². The van der Waals surface area contributed by atoms with Gasteiger partial charge in [-0.2, -0.15) is 0 Å². The molecule has 172 valence electrons. The van der Waals surface area contributed by atoms with Crippen molar-refractivity contribution >= 4 is 29.8 Å². The molecule has 0 aliphatic rings. The van der Waals surface area contributed by atoms with Crippen molar-refractivity contribution in [3.8, 4) is 5.75 Å². The number of benzene rings is 2. The van der Waals surface area contributed by atoms with Gasteiger partial charge in [-0.3, -0.25) is 15.0 Å². The molecular weight excluding hydrogens is 422 g/mol. The number of nitrogens with two attached hydrogens (primary N) is 1. The van der Waals surface area contributed by atoms with Crippen LogP contribution in [-0.2, 0) is 14.3 Å². The number of rotatable bonds is 10. The first kappa shape index (κ1) is 25.1. The highest BCUT2D eigenvalue weighted by Gasteiger charge is 2.18. The predicted octanol–water partition coefficient (Wildman–Crippen LogP) is 3.17. The average Bonchev–Trinajstić information content (AvgIpc) is 2.79. The Kier molecular flexibility index (Phi) is 9.11. The van der Waals surface area contributed by atoms with Crippen molar-refractivity contribution < 1.29 is 23.9 Å². The number of nitrogens with one attached hydrogen (secondary N) is 1. The van der Waals surface area contributed by atoms with Crippen LogP contribution < -0.4 is 10.5 Å². The fourth-order valence-electron chi connectivity index (χ4n) is 2.88. The van der Waals surface area contributed by atoms with Crippen LogP contribution in [0.4, 0.5) is 0 Å². The lowest BCUT2D eigenvalue weighted by Crippen LogP contribution is -2.37. The van der Waals surface area contributed by atoms with E-state index in [2.05, 4.69) is 6.58 Å². The number of nitrogen functional groups attached to an aromatic ring is 1. The normalized spacial score (nSPS) is 10.8. The molecule has 0 unspecified atom stereocenters. The van der Waals surface area contributed by atoms with Crippen LogP contribution in [0.25, 0.3) is 6.08 Å². The molecule has 0 saturated carbocycles. The summed E-state index contributed by atoms with van der Waals surface area (Å²) in [4.78, 5) is 38.2. The van der Waals surface area contributed by atoms with Crippen molar-refractivity contribution in [2.24, 2.45) is 5.73 Å². The molecule has 0 aliphatic heterocycles. The van der Waals surface area contributed by atoms with Crippen LogP contribution >= 0.6 is 0 Å². The third-order valence-electron chi connectivity index (χ3n) is 4.50. The molecule has 3 N–H and O–H groups in total. The first-order chi connectivity index (χ1) is 15.7. The number of ether oxygens (including phenoxy) is 2. The van der Waals surface area contributed by atoms with Gasteiger partial charge >= 0.3 is 11.9 Å². The number of nitrogens with zero attached hydrogens (tertiary/aromatic N) is 1. The minimum absolute atomic E-state index is 0.0706. The lowest BCUT2D eigenvalue weighted by Gasteiger charge is -2.20. The summed E-state index contributed by atoms with van der Waals surface area (Å²) in [5.41, 5.74) is 7.40. The van der Waals surface area contributed by atoms with Crippen molar-refractivity contribution in [2.75, 3.05) is 19.7 Å². The van der Waals surface area contributed by atoms with E-state index < -0.39 is 11.9 Å². The summed E-state index contributed by atoms with van der Waals surface area (Å²) in [7, 11) is 0. The van der Waals surface area contributed by atoms with Crippen molar-refractivity contribution in [3.05, 3.63) is 83.4 Å². The van der Waals surface area contributed by atoms with Gasteiger partial charge in [0.2, 0.25) is 5.91 Å². The van der Waals surface area contributed by atoms with E-state index in [1.165, 1.54) is 4.90 Å². The van der Waals surface area contributed by atoms with Crippen LogP contribution in [0, 0.1) is 5.41 Å². The van der Waals surface area contributed by atoms with Crippen LogP contribution in [0.5, 0.6) is 5.75 Å². The summed E-state index contributed by atoms with van der Waals surface area (Å²) in [6, 6.07) is 12.9. The van der Waals surface area contributed by atoms with Gasteiger partial charge in [0.15, 0.2) is 0 Å². The van der Waals surface area contributed by atoms with Gasteiger partial charge < -0.3 is 20.1 Å². The molecule has 0 spiro atoms. The number of hydrogen-bond donors (Lipinski definition) is 2. The molecule has 1 amide bonds. The Bertz CT molecular complexity index is 1060. The molecule has 0 radical (unpaired) electrons. The lowest BCUT2D eigenvalue weighted by atomic mass is 10.1. The fraction of sp³-hybridized carbons (Fsp3) is 0.200. The molecule has 0 saturated heterocycles. The van der Waals surface area contributed by atoms with E-state index >= 15 is 0 Å². The molecule has 0 fully saturated rings. The smallest absolute Gasteiger partial charge is 0.343 e. The predicted molar refractivity (Wildman–Crippen MR) is 126 cm³/mol. The van der Waals surface area contributed by atoms with E-state index in [1.54, 1.807) is 74.5 Å².